The Morgan fingerprint density at radius 2 is 1.85 bits per heavy atom. The summed E-state index contributed by atoms with van der Waals surface area (Å²) in [5.74, 6) is -0.713. The molecule has 116 valence electrons. The van der Waals surface area contributed by atoms with Gasteiger partial charge in [0.25, 0.3) is 0 Å². The molecule has 0 saturated carbocycles. The van der Waals surface area contributed by atoms with E-state index in [0.29, 0.717) is 13.2 Å². The summed E-state index contributed by atoms with van der Waals surface area (Å²) in [5.41, 5.74) is 0. The predicted molar refractivity (Wildman–Crippen MR) is 73.0 cm³/mol. The van der Waals surface area contributed by atoms with Crippen LogP contribution in [0.25, 0.3) is 0 Å². The average molecular weight is 287 g/mol. The molecule has 1 rings (SSSR count). The molecule has 0 spiro atoms. The minimum absolute atomic E-state index is 0.148. The molecule has 1 aliphatic rings. The van der Waals surface area contributed by atoms with Gasteiger partial charge >= 0.3 is 6.09 Å². The fourth-order valence-electron chi connectivity index (χ4n) is 2.18. The Balaban J connectivity index is 2.82. The highest BCUT2D eigenvalue weighted by Gasteiger charge is 2.43. The van der Waals surface area contributed by atoms with Crippen molar-refractivity contribution in [3.63, 3.8) is 0 Å². The van der Waals surface area contributed by atoms with Gasteiger partial charge in [-0.1, -0.05) is 13.8 Å². The number of carbonyl (C=O) groups is 2. The number of carbonyl (C=O) groups excluding carboxylic acids is 2. The summed E-state index contributed by atoms with van der Waals surface area (Å²) >= 11 is 0. The summed E-state index contributed by atoms with van der Waals surface area (Å²) in [6, 6.07) is -0.221. The lowest BCUT2D eigenvalue weighted by molar-refractivity contribution is -0.177. The second-order valence-corrected chi connectivity index (χ2v) is 5.16. The molecule has 0 unspecified atom stereocenters. The first-order valence-corrected chi connectivity index (χ1v) is 7.17. The van der Waals surface area contributed by atoms with E-state index in [1.54, 1.807) is 6.92 Å². The van der Waals surface area contributed by atoms with Crippen LogP contribution in [-0.4, -0.2) is 49.1 Å². The molecule has 0 bridgehead atoms. The van der Waals surface area contributed by atoms with Crippen molar-refractivity contribution in [3.05, 3.63) is 0 Å². The predicted octanol–water partition coefficient (Wildman–Crippen LogP) is 2.02. The second kappa shape index (κ2) is 7.59. The topological polar surface area (TPSA) is 65.1 Å². The van der Waals surface area contributed by atoms with E-state index in [9.17, 15) is 9.59 Å². The molecule has 0 aliphatic carbocycles. The van der Waals surface area contributed by atoms with Crippen molar-refractivity contribution in [1.82, 2.24) is 4.90 Å². The fourth-order valence-corrected chi connectivity index (χ4v) is 2.18. The Hall–Kier alpha value is -1.14. The van der Waals surface area contributed by atoms with Crippen molar-refractivity contribution >= 4 is 12.0 Å². The van der Waals surface area contributed by atoms with Crippen molar-refractivity contribution in [3.8, 4) is 0 Å². The van der Waals surface area contributed by atoms with Gasteiger partial charge < -0.3 is 14.2 Å². The standard InChI is InChI=1S/C14H25NO5/c1-6-18-13(19-7-2)10(5)12(16)15-11(9(3)4)8-20-14(15)17/h9-11,13H,6-8H2,1-5H3/t10-,11-/m1/s1. The van der Waals surface area contributed by atoms with Crippen LogP contribution in [-0.2, 0) is 19.0 Å². The third-order valence-electron chi connectivity index (χ3n) is 3.37. The molecule has 2 atom stereocenters. The highest BCUT2D eigenvalue weighted by molar-refractivity contribution is 5.94. The van der Waals surface area contributed by atoms with E-state index in [1.165, 1.54) is 4.90 Å². The molecule has 1 heterocycles. The molecule has 0 N–H and O–H groups in total. The Morgan fingerprint density at radius 1 is 1.30 bits per heavy atom. The van der Waals surface area contributed by atoms with Crippen LogP contribution in [0.1, 0.15) is 34.6 Å². The highest BCUT2D eigenvalue weighted by atomic mass is 16.7. The summed E-state index contributed by atoms with van der Waals surface area (Å²) < 4.78 is 15.9. The Labute approximate surface area is 120 Å². The summed E-state index contributed by atoms with van der Waals surface area (Å²) in [7, 11) is 0. The number of ether oxygens (including phenoxy) is 3. The van der Waals surface area contributed by atoms with Gasteiger partial charge in [-0.25, -0.2) is 9.69 Å². The zero-order chi connectivity index (χ0) is 15.3. The molecule has 1 fully saturated rings. The van der Waals surface area contributed by atoms with E-state index in [1.807, 2.05) is 27.7 Å². The molecule has 1 aliphatic heterocycles. The molecule has 1 saturated heterocycles. The number of amides is 2. The average Bonchev–Trinajstić information content (AvgIpc) is 2.79. The van der Waals surface area contributed by atoms with Crippen LogP contribution in [0.5, 0.6) is 0 Å². The SMILES string of the molecule is CCOC(OCC)[C@H](C)C(=O)N1C(=O)OC[C@@H]1C(C)C. The molecule has 20 heavy (non-hydrogen) atoms. The van der Waals surface area contributed by atoms with E-state index in [0.717, 1.165) is 0 Å². The fraction of sp³-hybridized carbons (Fsp3) is 0.857. The summed E-state index contributed by atoms with van der Waals surface area (Å²) in [6.45, 7) is 10.4. The summed E-state index contributed by atoms with van der Waals surface area (Å²) in [6.07, 6.45) is -1.22. The highest BCUT2D eigenvalue weighted by Crippen LogP contribution is 2.23. The van der Waals surface area contributed by atoms with Crippen molar-refractivity contribution < 1.29 is 23.8 Å². The summed E-state index contributed by atoms with van der Waals surface area (Å²) in [4.78, 5) is 25.5. The Bertz CT molecular complexity index is 338. The third-order valence-corrected chi connectivity index (χ3v) is 3.37. The van der Waals surface area contributed by atoms with Crippen LogP contribution in [0.3, 0.4) is 0 Å². The van der Waals surface area contributed by atoms with Gasteiger partial charge in [-0.05, 0) is 26.7 Å². The van der Waals surface area contributed by atoms with Gasteiger partial charge in [0.15, 0.2) is 6.29 Å². The second-order valence-electron chi connectivity index (χ2n) is 5.16. The number of nitrogens with zero attached hydrogens (tertiary/aromatic N) is 1. The van der Waals surface area contributed by atoms with E-state index < -0.39 is 18.3 Å². The molecule has 0 aromatic heterocycles. The van der Waals surface area contributed by atoms with Gasteiger partial charge in [-0.3, -0.25) is 4.79 Å². The quantitative estimate of drug-likeness (QED) is 0.670. The van der Waals surface area contributed by atoms with Crippen LogP contribution in [0.2, 0.25) is 0 Å². The number of hydrogen-bond acceptors (Lipinski definition) is 5. The molecular weight excluding hydrogens is 262 g/mol. The van der Waals surface area contributed by atoms with Crippen LogP contribution < -0.4 is 0 Å². The van der Waals surface area contributed by atoms with Crippen LogP contribution in [0.15, 0.2) is 0 Å². The van der Waals surface area contributed by atoms with E-state index in [-0.39, 0.29) is 24.5 Å². The smallest absolute Gasteiger partial charge is 0.416 e. The van der Waals surface area contributed by atoms with Gasteiger partial charge in [0.2, 0.25) is 5.91 Å². The molecule has 0 aromatic rings. The monoisotopic (exact) mass is 287 g/mol. The first-order valence-electron chi connectivity index (χ1n) is 7.17. The first-order chi connectivity index (χ1) is 9.43. The first kappa shape index (κ1) is 16.9. The largest absolute Gasteiger partial charge is 0.447 e. The van der Waals surface area contributed by atoms with E-state index in [4.69, 9.17) is 14.2 Å². The van der Waals surface area contributed by atoms with Gasteiger partial charge in [0.05, 0.1) is 12.0 Å². The van der Waals surface area contributed by atoms with Crippen LogP contribution in [0.4, 0.5) is 4.79 Å². The van der Waals surface area contributed by atoms with Crippen LogP contribution in [0, 0.1) is 11.8 Å². The summed E-state index contributed by atoms with van der Waals surface area (Å²) in [5, 5.41) is 0. The zero-order valence-electron chi connectivity index (χ0n) is 12.9. The Kier molecular flexibility index (Phi) is 6.42. The van der Waals surface area contributed by atoms with Gasteiger partial charge in [0, 0.05) is 13.2 Å². The zero-order valence-corrected chi connectivity index (χ0v) is 12.9. The maximum atomic E-state index is 12.5. The Morgan fingerprint density at radius 3 is 2.30 bits per heavy atom. The molecule has 6 nitrogen and oxygen atoms in total. The lowest BCUT2D eigenvalue weighted by Gasteiger charge is -2.28. The number of hydrogen-bond donors (Lipinski definition) is 0. The number of cyclic esters (lactones) is 1. The molecule has 2 amide bonds. The molecule has 0 aromatic carbocycles. The van der Waals surface area contributed by atoms with Gasteiger partial charge in [-0.15, -0.1) is 0 Å². The van der Waals surface area contributed by atoms with E-state index >= 15 is 0 Å². The third kappa shape index (κ3) is 3.70. The number of rotatable bonds is 7. The number of imide groups is 1. The van der Waals surface area contributed by atoms with Crippen molar-refractivity contribution in [2.75, 3.05) is 19.8 Å². The minimum atomic E-state index is -0.640. The van der Waals surface area contributed by atoms with Crippen LogP contribution >= 0.6 is 0 Å². The molecule has 0 radical (unpaired) electrons. The van der Waals surface area contributed by atoms with Crippen molar-refractivity contribution in [2.45, 2.75) is 47.0 Å². The molecule has 6 heteroatoms. The lowest BCUT2D eigenvalue weighted by atomic mass is 10.0. The minimum Gasteiger partial charge on any atom is -0.447 e. The maximum absolute atomic E-state index is 12.5. The van der Waals surface area contributed by atoms with E-state index in [2.05, 4.69) is 0 Å². The molecular formula is C14H25NO5. The van der Waals surface area contributed by atoms with Gasteiger partial charge in [0.1, 0.15) is 6.61 Å². The normalized spacial score (nSPS) is 20.6. The van der Waals surface area contributed by atoms with Crippen molar-refractivity contribution in [2.24, 2.45) is 11.8 Å². The maximum Gasteiger partial charge on any atom is 0.416 e. The van der Waals surface area contributed by atoms with Crippen molar-refractivity contribution in [1.29, 1.82) is 0 Å². The van der Waals surface area contributed by atoms with Gasteiger partial charge in [-0.2, -0.15) is 0 Å². The lowest BCUT2D eigenvalue weighted by Crippen LogP contribution is -2.47.